The van der Waals surface area contributed by atoms with E-state index < -0.39 is 17.6 Å². The molecular formula is C18H17F4N3O. The highest BCUT2D eigenvalue weighted by atomic mass is 19.4. The fraction of sp³-hybridized carbons (Fsp3) is 0.222. The lowest BCUT2D eigenvalue weighted by Gasteiger charge is -2.37. The van der Waals surface area contributed by atoms with Gasteiger partial charge in [-0.2, -0.15) is 13.2 Å². The van der Waals surface area contributed by atoms with Crippen molar-refractivity contribution < 1.29 is 22.3 Å². The third-order valence-electron chi connectivity index (χ3n) is 3.88. The molecule has 138 valence electrons. The summed E-state index contributed by atoms with van der Waals surface area (Å²) in [5.74, 6) is -0.834. The highest BCUT2D eigenvalue weighted by Gasteiger charge is 2.34. The number of halogens is 4. The summed E-state index contributed by atoms with van der Waals surface area (Å²) in [4.78, 5) is 1.77. The number of para-hydroxylation sites is 1. The average molecular weight is 367 g/mol. The van der Waals surface area contributed by atoms with Crippen LogP contribution in [-0.4, -0.2) is 18.7 Å². The van der Waals surface area contributed by atoms with Crippen LogP contribution < -0.4 is 10.4 Å². The Balaban J connectivity index is 1.82. The quantitative estimate of drug-likeness (QED) is 0.825. The largest absolute Gasteiger partial charge is 0.480 e. The van der Waals surface area contributed by atoms with E-state index in [-0.39, 0.29) is 6.54 Å². The first-order valence-corrected chi connectivity index (χ1v) is 7.81. The molecule has 0 aromatic heterocycles. The SMILES string of the molecule is COC1=CN(Cc2ccc(F)c(C(F)(F)F)c2)CN(c2ccccc2)N1. The Bertz CT molecular complexity index is 793. The van der Waals surface area contributed by atoms with E-state index in [4.69, 9.17) is 4.74 Å². The minimum Gasteiger partial charge on any atom is -0.480 e. The Kier molecular flexibility index (Phi) is 4.92. The Hall–Kier alpha value is -2.90. The molecule has 2 aromatic carbocycles. The van der Waals surface area contributed by atoms with Gasteiger partial charge in [0.05, 0.1) is 24.6 Å². The van der Waals surface area contributed by atoms with Crippen LogP contribution in [0.5, 0.6) is 0 Å². The third kappa shape index (κ3) is 4.01. The van der Waals surface area contributed by atoms with Crippen molar-refractivity contribution >= 4 is 5.69 Å². The summed E-state index contributed by atoms with van der Waals surface area (Å²) < 4.78 is 57.4. The van der Waals surface area contributed by atoms with Gasteiger partial charge in [0, 0.05) is 6.54 Å². The van der Waals surface area contributed by atoms with Crippen molar-refractivity contribution in [1.82, 2.24) is 10.3 Å². The first-order valence-electron chi connectivity index (χ1n) is 7.81. The molecule has 2 aromatic rings. The van der Waals surface area contributed by atoms with E-state index >= 15 is 0 Å². The van der Waals surface area contributed by atoms with E-state index in [0.717, 1.165) is 17.8 Å². The molecule has 0 fully saturated rings. The average Bonchev–Trinajstić information content (AvgIpc) is 2.63. The molecule has 1 N–H and O–H groups in total. The molecule has 0 saturated carbocycles. The molecule has 1 heterocycles. The summed E-state index contributed by atoms with van der Waals surface area (Å²) >= 11 is 0. The predicted octanol–water partition coefficient (Wildman–Crippen LogP) is 4.07. The zero-order valence-electron chi connectivity index (χ0n) is 13.9. The van der Waals surface area contributed by atoms with E-state index in [0.29, 0.717) is 18.1 Å². The van der Waals surface area contributed by atoms with Crippen LogP contribution in [0.25, 0.3) is 0 Å². The Labute approximate surface area is 148 Å². The van der Waals surface area contributed by atoms with E-state index in [1.807, 2.05) is 30.3 Å². The van der Waals surface area contributed by atoms with Gasteiger partial charge in [0.1, 0.15) is 12.5 Å². The van der Waals surface area contributed by atoms with E-state index in [9.17, 15) is 17.6 Å². The molecule has 0 aliphatic carbocycles. The number of anilines is 1. The number of hydrazine groups is 1. The molecule has 3 rings (SSSR count). The molecule has 0 amide bonds. The lowest BCUT2D eigenvalue weighted by atomic mass is 10.1. The van der Waals surface area contributed by atoms with Gasteiger partial charge in [-0.05, 0) is 29.8 Å². The molecule has 8 heteroatoms. The fourth-order valence-electron chi connectivity index (χ4n) is 2.66. The molecule has 4 nitrogen and oxygen atoms in total. The zero-order chi connectivity index (χ0) is 18.7. The van der Waals surface area contributed by atoms with Crippen molar-refractivity contribution in [2.45, 2.75) is 12.7 Å². The van der Waals surface area contributed by atoms with Crippen LogP contribution in [0, 0.1) is 5.82 Å². The second kappa shape index (κ2) is 7.15. The summed E-state index contributed by atoms with van der Waals surface area (Å²) in [5.41, 5.74) is 3.03. The van der Waals surface area contributed by atoms with Crippen LogP contribution in [0.3, 0.4) is 0 Å². The minimum atomic E-state index is -4.73. The number of nitrogens with zero attached hydrogens (tertiary/aromatic N) is 2. The number of hydrogen-bond donors (Lipinski definition) is 1. The van der Waals surface area contributed by atoms with Crippen molar-refractivity contribution in [2.24, 2.45) is 0 Å². The molecule has 0 saturated heterocycles. The number of nitrogens with one attached hydrogen (secondary N) is 1. The first kappa shape index (κ1) is 17.9. The summed E-state index contributed by atoms with van der Waals surface area (Å²) in [5, 5.41) is 1.80. The third-order valence-corrected chi connectivity index (χ3v) is 3.88. The molecule has 0 spiro atoms. The number of hydrogen-bond acceptors (Lipinski definition) is 4. The molecule has 1 aliphatic heterocycles. The lowest BCUT2D eigenvalue weighted by molar-refractivity contribution is -0.140. The highest BCUT2D eigenvalue weighted by molar-refractivity contribution is 5.45. The summed E-state index contributed by atoms with van der Waals surface area (Å²) in [7, 11) is 1.49. The maximum absolute atomic E-state index is 13.5. The number of rotatable bonds is 4. The monoisotopic (exact) mass is 367 g/mol. The van der Waals surface area contributed by atoms with Gasteiger partial charge in [-0.15, -0.1) is 0 Å². The zero-order valence-corrected chi connectivity index (χ0v) is 13.9. The Morgan fingerprint density at radius 2 is 1.85 bits per heavy atom. The normalized spacial score (nSPS) is 14.7. The molecule has 0 unspecified atom stereocenters. The van der Waals surface area contributed by atoms with Crippen molar-refractivity contribution in [3.8, 4) is 0 Å². The van der Waals surface area contributed by atoms with Gasteiger partial charge in [-0.25, -0.2) is 4.39 Å². The molecule has 26 heavy (non-hydrogen) atoms. The highest BCUT2D eigenvalue weighted by Crippen LogP contribution is 2.32. The number of methoxy groups -OCH3 is 1. The van der Waals surface area contributed by atoms with Gasteiger partial charge in [0.2, 0.25) is 5.88 Å². The van der Waals surface area contributed by atoms with Crippen molar-refractivity contribution in [3.63, 3.8) is 0 Å². The Morgan fingerprint density at radius 1 is 1.12 bits per heavy atom. The van der Waals surface area contributed by atoms with Crippen LogP contribution >= 0.6 is 0 Å². The van der Waals surface area contributed by atoms with Crippen LogP contribution in [0.2, 0.25) is 0 Å². The van der Waals surface area contributed by atoms with E-state index in [2.05, 4.69) is 5.43 Å². The van der Waals surface area contributed by atoms with Crippen molar-refractivity contribution in [2.75, 3.05) is 18.8 Å². The second-order valence-electron chi connectivity index (χ2n) is 5.77. The molecule has 0 radical (unpaired) electrons. The summed E-state index contributed by atoms with van der Waals surface area (Å²) in [6, 6.07) is 12.5. The molecule has 1 aliphatic rings. The van der Waals surface area contributed by atoms with Crippen LogP contribution in [0.1, 0.15) is 11.1 Å². The lowest BCUT2D eigenvalue weighted by Crippen LogP contribution is -2.48. The summed E-state index contributed by atoms with van der Waals surface area (Å²) in [6.07, 6.45) is -3.07. The maximum Gasteiger partial charge on any atom is 0.419 e. The molecular weight excluding hydrogens is 350 g/mol. The topological polar surface area (TPSA) is 27.7 Å². The number of benzene rings is 2. The standard InChI is InChI=1S/C18H17F4N3O/c1-26-17-11-24(12-25(23-17)14-5-3-2-4-6-14)10-13-7-8-16(19)15(9-13)18(20,21)22/h2-9,11,23H,10,12H2,1H3. The molecule has 0 atom stereocenters. The van der Waals surface area contributed by atoms with Crippen LogP contribution in [0.4, 0.5) is 23.2 Å². The van der Waals surface area contributed by atoms with Gasteiger partial charge >= 0.3 is 6.18 Å². The predicted molar refractivity (Wildman–Crippen MR) is 89.0 cm³/mol. The van der Waals surface area contributed by atoms with Crippen LogP contribution in [0.15, 0.2) is 60.6 Å². The maximum atomic E-state index is 13.5. The number of ether oxygens (including phenoxy) is 1. The van der Waals surface area contributed by atoms with Gasteiger partial charge in [0.15, 0.2) is 0 Å². The summed E-state index contributed by atoms with van der Waals surface area (Å²) in [6.45, 7) is 0.539. The molecule has 0 bridgehead atoms. The van der Waals surface area contributed by atoms with Gasteiger partial charge in [0.25, 0.3) is 0 Å². The first-order chi connectivity index (χ1) is 12.4. The second-order valence-corrected chi connectivity index (χ2v) is 5.77. The van der Waals surface area contributed by atoms with Gasteiger partial charge in [-0.1, -0.05) is 24.3 Å². The fourth-order valence-corrected chi connectivity index (χ4v) is 2.66. The minimum absolute atomic E-state index is 0.168. The van der Waals surface area contributed by atoms with Crippen molar-refractivity contribution in [1.29, 1.82) is 0 Å². The van der Waals surface area contributed by atoms with E-state index in [1.165, 1.54) is 13.2 Å². The van der Waals surface area contributed by atoms with E-state index in [1.54, 1.807) is 16.1 Å². The van der Waals surface area contributed by atoms with Gasteiger partial charge in [-0.3, -0.25) is 10.4 Å². The van der Waals surface area contributed by atoms with Crippen molar-refractivity contribution in [3.05, 3.63) is 77.6 Å². The van der Waals surface area contributed by atoms with Crippen LogP contribution in [-0.2, 0) is 17.5 Å². The van der Waals surface area contributed by atoms with Gasteiger partial charge < -0.3 is 9.64 Å². The number of alkyl halides is 3. The Morgan fingerprint density at radius 3 is 2.50 bits per heavy atom. The smallest absolute Gasteiger partial charge is 0.419 e.